The minimum absolute atomic E-state index is 0.0180. The van der Waals surface area contributed by atoms with Crippen molar-refractivity contribution in [1.29, 1.82) is 0 Å². The number of nitrogens with two attached hydrogens (primary N) is 1. The highest BCUT2D eigenvalue weighted by molar-refractivity contribution is 7.90. The smallest absolute Gasteiger partial charge is 0.184 e. The first kappa shape index (κ1) is 15.4. The maximum atomic E-state index is 12.4. The zero-order chi connectivity index (χ0) is 14.9. The Labute approximate surface area is 132 Å². The predicted molar refractivity (Wildman–Crippen MR) is 83.2 cm³/mol. The van der Waals surface area contributed by atoms with Crippen LogP contribution in [0.2, 0.25) is 15.1 Å². The number of nitrogen functional groups attached to an aromatic ring is 1. The molecule has 2 rings (SSSR count). The fourth-order valence-corrected chi connectivity index (χ4v) is 4.14. The Bertz CT molecular complexity index is 760. The summed E-state index contributed by atoms with van der Waals surface area (Å²) in [6.45, 7) is 0. The molecule has 2 aromatic carbocycles. The van der Waals surface area contributed by atoms with Crippen LogP contribution in [0.4, 0.5) is 5.69 Å². The van der Waals surface area contributed by atoms with Gasteiger partial charge in [0.05, 0.1) is 15.7 Å². The van der Waals surface area contributed by atoms with Gasteiger partial charge in [0.15, 0.2) is 9.84 Å². The standard InChI is InChI=1S/C13H10Cl3NO2S/c14-9-1-3-11(15)8(5-9)7-20(18,19)13-4-2-10(17)6-12(13)16/h1-6H,7,17H2. The molecule has 106 valence electrons. The fraction of sp³-hybridized carbons (Fsp3) is 0.0769. The molecule has 3 nitrogen and oxygen atoms in total. The van der Waals surface area contributed by atoms with E-state index in [1.807, 2.05) is 0 Å². The lowest BCUT2D eigenvalue weighted by Gasteiger charge is -2.09. The Balaban J connectivity index is 2.43. The van der Waals surface area contributed by atoms with E-state index in [1.54, 1.807) is 12.1 Å². The molecule has 0 saturated heterocycles. The summed E-state index contributed by atoms with van der Waals surface area (Å²) in [6, 6.07) is 8.93. The summed E-state index contributed by atoms with van der Waals surface area (Å²) in [5.74, 6) is -0.282. The summed E-state index contributed by atoms with van der Waals surface area (Å²) < 4.78 is 24.7. The molecule has 0 radical (unpaired) electrons. The van der Waals surface area contributed by atoms with Crippen molar-refractivity contribution in [3.8, 4) is 0 Å². The van der Waals surface area contributed by atoms with E-state index < -0.39 is 9.84 Å². The summed E-state index contributed by atoms with van der Waals surface area (Å²) in [6.07, 6.45) is 0. The van der Waals surface area contributed by atoms with Crippen LogP contribution in [0.25, 0.3) is 0 Å². The van der Waals surface area contributed by atoms with Gasteiger partial charge >= 0.3 is 0 Å². The number of hydrogen-bond acceptors (Lipinski definition) is 3. The van der Waals surface area contributed by atoms with E-state index in [9.17, 15) is 8.42 Å². The molecular weight excluding hydrogens is 341 g/mol. The van der Waals surface area contributed by atoms with Crippen molar-refractivity contribution in [3.05, 3.63) is 57.0 Å². The van der Waals surface area contributed by atoms with Gasteiger partial charge in [0.2, 0.25) is 0 Å². The Hall–Kier alpha value is -0.940. The van der Waals surface area contributed by atoms with E-state index in [0.717, 1.165) is 0 Å². The van der Waals surface area contributed by atoms with Crippen LogP contribution in [0, 0.1) is 0 Å². The van der Waals surface area contributed by atoms with E-state index in [0.29, 0.717) is 21.3 Å². The largest absolute Gasteiger partial charge is 0.399 e. The molecule has 7 heteroatoms. The van der Waals surface area contributed by atoms with Crippen LogP contribution in [-0.2, 0) is 15.6 Å². The molecule has 0 amide bonds. The molecular formula is C13H10Cl3NO2S. The van der Waals surface area contributed by atoms with Crippen LogP contribution in [-0.4, -0.2) is 8.42 Å². The summed E-state index contributed by atoms with van der Waals surface area (Å²) in [7, 11) is -3.63. The van der Waals surface area contributed by atoms with Gasteiger partial charge < -0.3 is 5.73 Å². The number of halogens is 3. The topological polar surface area (TPSA) is 60.2 Å². The Morgan fingerprint density at radius 3 is 2.30 bits per heavy atom. The summed E-state index contributed by atoms with van der Waals surface area (Å²) >= 11 is 17.8. The average Bonchev–Trinajstić information content (AvgIpc) is 2.33. The van der Waals surface area contributed by atoms with Crippen molar-refractivity contribution in [1.82, 2.24) is 0 Å². The van der Waals surface area contributed by atoms with Crippen LogP contribution in [0.3, 0.4) is 0 Å². The Morgan fingerprint density at radius 1 is 0.950 bits per heavy atom. The van der Waals surface area contributed by atoms with Crippen molar-refractivity contribution in [2.45, 2.75) is 10.6 Å². The molecule has 0 saturated carbocycles. The van der Waals surface area contributed by atoms with Crippen LogP contribution in [0.5, 0.6) is 0 Å². The normalized spacial score (nSPS) is 11.6. The lowest BCUT2D eigenvalue weighted by molar-refractivity contribution is 0.595. The zero-order valence-electron chi connectivity index (χ0n) is 10.1. The molecule has 0 aliphatic heterocycles. The molecule has 0 heterocycles. The molecule has 2 aromatic rings. The second-order valence-electron chi connectivity index (χ2n) is 4.18. The molecule has 0 aliphatic carbocycles. The van der Waals surface area contributed by atoms with Gasteiger partial charge in [-0.25, -0.2) is 8.42 Å². The molecule has 0 aliphatic rings. The maximum absolute atomic E-state index is 12.4. The Morgan fingerprint density at radius 2 is 1.65 bits per heavy atom. The quantitative estimate of drug-likeness (QED) is 0.844. The van der Waals surface area contributed by atoms with Gasteiger partial charge in [-0.2, -0.15) is 0 Å². The molecule has 0 aromatic heterocycles. The first-order valence-electron chi connectivity index (χ1n) is 5.51. The minimum Gasteiger partial charge on any atom is -0.399 e. The van der Waals surface area contributed by atoms with Crippen LogP contribution in [0.1, 0.15) is 5.56 Å². The van der Waals surface area contributed by atoms with Crippen molar-refractivity contribution in [2.75, 3.05) is 5.73 Å². The molecule has 20 heavy (non-hydrogen) atoms. The summed E-state index contributed by atoms with van der Waals surface area (Å²) in [4.78, 5) is 0.0180. The van der Waals surface area contributed by atoms with Gasteiger partial charge in [-0.1, -0.05) is 34.8 Å². The number of anilines is 1. The van der Waals surface area contributed by atoms with Gasteiger partial charge in [0, 0.05) is 15.7 Å². The monoisotopic (exact) mass is 349 g/mol. The van der Waals surface area contributed by atoms with Crippen LogP contribution in [0.15, 0.2) is 41.3 Å². The summed E-state index contributed by atoms with van der Waals surface area (Å²) in [5, 5.41) is 0.843. The highest BCUT2D eigenvalue weighted by Gasteiger charge is 2.20. The first-order chi connectivity index (χ1) is 9.29. The number of hydrogen-bond donors (Lipinski definition) is 1. The van der Waals surface area contributed by atoms with E-state index in [4.69, 9.17) is 40.5 Å². The van der Waals surface area contributed by atoms with Crippen molar-refractivity contribution in [2.24, 2.45) is 0 Å². The molecule has 0 atom stereocenters. The number of benzene rings is 2. The van der Waals surface area contributed by atoms with Crippen molar-refractivity contribution in [3.63, 3.8) is 0 Å². The number of sulfone groups is 1. The fourth-order valence-electron chi connectivity index (χ4n) is 1.71. The van der Waals surface area contributed by atoms with Gasteiger partial charge in [0.1, 0.15) is 0 Å². The lowest BCUT2D eigenvalue weighted by atomic mass is 10.2. The SMILES string of the molecule is Nc1ccc(S(=O)(=O)Cc2cc(Cl)ccc2Cl)c(Cl)c1. The second kappa shape index (κ2) is 5.82. The number of rotatable bonds is 3. The minimum atomic E-state index is -3.63. The second-order valence-corrected chi connectivity index (χ2v) is 7.39. The van der Waals surface area contributed by atoms with Crippen molar-refractivity contribution < 1.29 is 8.42 Å². The highest BCUT2D eigenvalue weighted by Crippen LogP contribution is 2.29. The lowest BCUT2D eigenvalue weighted by Crippen LogP contribution is -2.06. The van der Waals surface area contributed by atoms with E-state index in [2.05, 4.69) is 0 Å². The maximum Gasteiger partial charge on any atom is 0.184 e. The molecule has 2 N–H and O–H groups in total. The van der Waals surface area contributed by atoms with E-state index >= 15 is 0 Å². The molecule has 0 unspecified atom stereocenters. The molecule has 0 fully saturated rings. The summed E-state index contributed by atoms with van der Waals surface area (Å²) in [5.41, 5.74) is 6.37. The first-order valence-corrected chi connectivity index (χ1v) is 8.30. The third kappa shape index (κ3) is 3.38. The average molecular weight is 351 g/mol. The van der Waals surface area contributed by atoms with E-state index in [1.165, 1.54) is 24.3 Å². The van der Waals surface area contributed by atoms with Crippen molar-refractivity contribution >= 4 is 50.3 Å². The van der Waals surface area contributed by atoms with E-state index in [-0.39, 0.29) is 15.7 Å². The zero-order valence-corrected chi connectivity index (χ0v) is 13.2. The highest BCUT2D eigenvalue weighted by atomic mass is 35.5. The van der Waals surface area contributed by atoms with Gasteiger partial charge in [0.25, 0.3) is 0 Å². The van der Waals surface area contributed by atoms with Crippen LogP contribution >= 0.6 is 34.8 Å². The van der Waals surface area contributed by atoms with Crippen LogP contribution < -0.4 is 5.73 Å². The van der Waals surface area contributed by atoms with Gasteiger partial charge in [-0.3, -0.25) is 0 Å². The van der Waals surface area contributed by atoms with Gasteiger partial charge in [-0.15, -0.1) is 0 Å². The third-order valence-corrected chi connectivity index (χ3v) is 5.39. The third-order valence-electron chi connectivity index (χ3n) is 2.64. The molecule has 0 spiro atoms. The predicted octanol–water partition coefficient (Wildman–Crippen LogP) is 4.20. The van der Waals surface area contributed by atoms with Gasteiger partial charge in [-0.05, 0) is 42.0 Å². The Kier molecular flexibility index (Phi) is 4.49. The molecule has 0 bridgehead atoms.